The molecule has 2 aromatic heterocycles. The second-order valence-corrected chi connectivity index (χ2v) is 7.78. The maximum atomic E-state index is 13.9. The third kappa shape index (κ3) is 4.32. The van der Waals surface area contributed by atoms with Crippen molar-refractivity contribution in [1.82, 2.24) is 19.6 Å². The second-order valence-electron chi connectivity index (χ2n) is 6.99. The van der Waals surface area contributed by atoms with Crippen molar-refractivity contribution in [3.63, 3.8) is 0 Å². The van der Waals surface area contributed by atoms with Crippen LogP contribution in [0.2, 0.25) is 10.0 Å². The molecule has 1 fully saturated rings. The summed E-state index contributed by atoms with van der Waals surface area (Å²) in [6.07, 6.45) is 1.74. The smallest absolute Gasteiger partial charge is 0.283 e. The van der Waals surface area contributed by atoms with Gasteiger partial charge in [-0.3, -0.25) is 14.2 Å². The van der Waals surface area contributed by atoms with Crippen molar-refractivity contribution >= 4 is 34.8 Å². The van der Waals surface area contributed by atoms with Crippen LogP contribution in [-0.2, 0) is 17.9 Å². The van der Waals surface area contributed by atoms with Crippen LogP contribution in [-0.4, -0.2) is 25.5 Å². The van der Waals surface area contributed by atoms with Gasteiger partial charge >= 0.3 is 0 Å². The Kier molecular flexibility index (Phi) is 5.75. The van der Waals surface area contributed by atoms with Crippen LogP contribution in [0.25, 0.3) is 0 Å². The van der Waals surface area contributed by atoms with E-state index in [9.17, 15) is 18.0 Å². The molecule has 1 aromatic carbocycles. The fourth-order valence-corrected chi connectivity index (χ4v) is 3.77. The van der Waals surface area contributed by atoms with Crippen molar-refractivity contribution in [2.24, 2.45) is 0 Å². The number of alkyl halides is 2. The van der Waals surface area contributed by atoms with Gasteiger partial charge in [-0.15, -0.1) is 0 Å². The van der Waals surface area contributed by atoms with Gasteiger partial charge in [-0.2, -0.15) is 10.2 Å². The zero-order valence-corrected chi connectivity index (χ0v) is 17.0. The summed E-state index contributed by atoms with van der Waals surface area (Å²) in [5, 5.41) is 10.7. The molecule has 2 heterocycles. The molecule has 158 valence electrons. The van der Waals surface area contributed by atoms with Crippen LogP contribution < -0.4 is 5.32 Å². The molecule has 0 atom stereocenters. The number of hydrogen-bond acceptors (Lipinski definition) is 3. The first-order chi connectivity index (χ1) is 14.3. The summed E-state index contributed by atoms with van der Waals surface area (Å²) in [5.41, 5.74) is 0.598. The van der Waals surface area contributed by atoms with Gasteiger partial charge in [0.1, 0.15) is 18.1 Å². The van der Waals surface area contributed by atoms with E-state index in [2.05, 4.69) is 15.5 Å². The first-order valence-corrected chi connectivity index (χ1v) is 9.88. The molecule has 11 heteroatoms. The van der Waals surface area contributed by atoms with Crippen molar-refractivity contribution < 1.29 is 18.0 Å². The summed E-state index contributed by atoms with van der Waals surface area (Å²) in [7, 11) is 0. The molecule has 1 saturated carbocycles. The molecule has 4 rings (SSSR count). The Morgan fingerprint density at radius 3 is 2.73 bits per heavy atom. The molecule has 6 nitrogen and oxygen atoms in total. The van der Waals surface area contributed by atoms with Crippen LogP contribution in [0.3, 0.4) is 0 Å². The monoisotopic (exact) mass is 457 g/mol. The molecule has 1 aliphatic carbocycles. The number of carbonyl (C=O) groups excluding carboxylic acids is 1. The Bertz CT molecular complexity index is 1070. The predicted molar refractivity (Wildman–Crippen MR) is 106 cm³/mol. The number of hydrogen-bond donors (Lipinski definition) is 1. The summed E-state index contributed by atoms with van der Waals surface area (Å²) in [5.74, 6) is -0.888. The number of anilines is 1. The lowest BCUT2D eigenvalue weighted by atomic mass is 10.2. The van der Waals surface area contributed by atoms with Gasteiger partial charge in [0.25, 0.3) is 6.43 Å². The highest BCUT2D eigenvalue weighted by molar-refractivity contribution is 6.32. The number of carbonyl (C=O) groups is 1. The van der Waals surface area contributed by atoms with Gasteiger partial charge in [0.15, 0.2) is 0 Å². The van der Waals surface area contributed by atoms with Crippen molar-refractivity contribution in [3.05, 3.63) is 63.4 Å². The van der Waals surface area contributed by atoms with Gasteiger partial charge in [0.05, 0.1) is 29.1 Å². The SMILES string of the molecule is O=C(Cn1nc(C(F)F)c(Cl)c1C1CC1)Nc1cnn(Cc2c(F)cccc2Cl)c1. The topological polar surface area (TPSA) is 64.7 Å². The Morgan fingerprint density at radius 1 is 1.30 bits per heavy atom. The highest BCUT2D eigenvalue weighted by Gasteiger charge is 2.34. The van der Waals surface area contributed by atoms with Crippen molar-refractivity contribution in [3.8, 4) is 0 Å². The van der Waals surface area contributed by atoms with Crippen LogP contribution in [0.5, 0.6) is 0 Å². The Balaban J connectivity index is 1.45. The van der Waals surface area contributed by atoms with E-state index in [1.54, 1.807) is 6.07 Å². The minimum Gasteiger partial charge on any atom is -0.322 e. The first kappa shape index (κ1) is 20.7. The van der Waals surface area contributed by atoms with E-state index >= 15 is 0 Å². The van der Waals surface area contributed by atoms with Crippen molar-refractivity contribution in [2.45, 2.75) is 38.3 Å². The summed E-state index contributed by atoms with van der Waals surface area (Å²) >= 11 is 12.1. The second kappa shape index (κ2) is 8.31. The lowest BCUT2D eigenvalue weighted by molar-refractivity contribution is -0.117. The van der Waals surface area contributed by atoms with Gasteiger partial charge in [0.2, 0.25) is 5.91 Å². The molecular formula is C19H16Cl2F3N5O. The van der Waals surface area contributed by atoms with E-state index in [-0.39, 0.29) is 34.6 Å². The van der Waals surface area contributed by atoms with Crippen LogP contribution >= 0.6 is 23.2 Å². The summed E-state index contributed by atoms with van der Waals surface area (Å²) < 4.78 is 42.8. The molecule has 3 aromatic rings. The minimum absolute atomic E-state index is 0.0403. The average molecular weight is 458 g/mol. The van der Waals surface area contributed by atoms with E-state index in [0.717, 1.165) is 12.8 Å². The third-order valence-corrected chi connectivity index (χ3v) is 5.46. The largest absolute Gasteiger partial charge is 0.322 e. The Morgan fingerprint density at radius 2 is 2.07 bits per heavy atom. The van der Waals surface area contributed by atoms with E-state index in [4.69, 9.17) is 23.2 Å². The minimum atomic E-state index is -2.82. The fourth-order valence-electron chi connectivity index (χ4n) is 3.18. The van der Waals surface area contributed by atoms with Gasteiger partial charge in [-0.25, -0.2) is 13.2 Å². The summed E-state index contributed by atoms with van der Waals surface area (Å²) in [6.45, 7) is -0.178. The molecule has 0 saturated heterocycles. The molecule has 0 unspecified atom stereocenters. The summed E-state index contributed by atoms with van der Waals surface area (Å²) in [4.78, 5) is 12.4. The molecule has 1 amide bonds. The maximum absolute atomic E-state index is 13.9. The number of benzene rings is 1. The predicted octanol–water partition coefficient (Wildman–Crippen LogP) is 5.03. The van der Waals surface area contributed by atoms with Crippen LogP contribution in [0.1, 0.15) is 42.1 Å². The van der Waals surface area contributed by atoms with Crippen LogP contribution in [0, 0.1) is 5.82 Å². The number of nitrogens with one attached hydrogen (secondary N) is 1. The molecular weight excluding hydrogens is 442 g/mol. The molecule has 0 aliphatic heterocycles. The van der Waals surface area contributed by atoms with Gasteiger partial charge < -0.3 is 5.32 Å². The zero-order valence-electron chi connectivity index (χ0n) is 15.5. The number of halogens is 5. The highest BCUT2D eigenvalue weighted by Crippen LogP contribution is 2.45. The number of aromatic nitrogens is 4. The normalized spacial score (nSPS) is 13.8. The Labute approximate surface area is 179 Å². The summed E-state index contributed by atoms with van der Waals surface area (Å²) in [6, 6.07) is 4.38. The third-order valence-electron chi connectivity index (χ3n) is 4.72. The zero-order chi connectivity index (χ0) is 21.4. The molecule has 0 bridgehead atoms. The lowest BCUT2D eigenvalue weighted by Crippen LogP contribution is -2.20. The molecule has 0 radical (unpaired) electrons. The van der Waals surface area contributed by atoms with Crippen molar-refractivity contribution in [1.29, 1.82) is 0 Å². The van der Waals surface area contributed by atoms with E-state index in [0.29, 0.717) is 11.4 Å². The van der Waals surface area contributed by atoms with Gasteiger partial charge in [0, 0.05) is 22.7 Å². The van der Waals surface area contributed by atoms with E-state index < -0.39 is 23.8 Å². The van der Waals surface area contributed by atoms with E-state index in [1.165, 1.54) is 33.9 Å². The number of nitrogens with zero attached hydrogens (tertiary/aromatic N) is 4. The number of rotatable bonds is 7. The highest BCUT2D eigenvalue weighted by atomic mass is 35.5. The molecule has 30 heavy (non-hydrogen) atoms. The molecule has 0 spiro atoms. The fraction of sp³-hybridized carbons (Fsp3) is 0.316. The van der Waals surface area contributed by atoms with Crippen molar-refractivity contribution in [2.75, 3.05) is 5.32 Å². The quantitative estimate of drug-likeness (QED) is 0.541. The average Bonchev–Trinajstić information content (AvgIpc) is 3.33. The lowest BCUT2D eigenvalue weighted by Gasteiger charge is -2.07. The molecule has 1 N–H and O–H groups in total. The van der Waals surface area contributed by atoms with Crippen LogP contribution in [0.15, 0.2) is 30.6 Å². The van der Waals surface area contributed by atoms with Gasteiger partial charge in [-0.1, -0.05) is 29.3 Å². The Hall–Kier alpha value is -2.52. The first-order valence-electron chi connectivity index (χ1n) is 9.13. The van der Waals surface area contributed by atoms with Gasteiger partial charge in [-0.05, 0) is 25.0 Å². The van der Waals surface area contributed by atoms with Crippen LogP contribution in [0.4, 0.5) is 18.9 Å². The van der Waals surface area contributed by atoms with E-state index in [1.807, 2.05) is 0 Å². The maximum Gasteiger partial charge on any atom is 0.283 e. The molecule has 1 aliphatic rings. The standard InChI is InChI=1S/C19H16Cl2F3N5O/c20-13-2-1-3-14(22)12(13)8-28-7-11(6-25-28)26-15(30)9-29-18(10-4-5-10)16(21)17(27-29)19(23)24/h1-3,6-7,10,19H,4-5,8-9H2,(H,26,30). The number of amides is 1.